The van der Waals surface area contributed by atoms with Gasteiger partial charge in [-0.1, -0.05) is 12.2 Å². The number of pyridine rings is 1. The predicted octanol–water partition coefficient (Wildman–Crippen LogP) is 2.44. The van der Waals surface area contributed by atoms with Crippen molar-refractivity contribution in [2.45, 2.75) is 20.8 Å². The van der Waals surface area contributed by atoms with Crippen LogP contribution in [0, 0.1) is 29.8 Å². The van der Waals surface area contributed by atoms with Crippen molar-refractivity contribution in [2.75, 3.05) is 0 Å². The zero-order valence-electron chi connectivity index (χ0n) is 8.26. The van der Waals surface area contributed by atoms with E-state index in [1.54, 1.807) is 13.8 Å². The molecule has 0 saturated heterocycles. The molecule has 0 unspecified atom stereocenters. The van der Waals surface area contributed by atoms with Crippen LogP contribution in [0.2, 0.25) is 0 Å². The molecule has 1 aromatic rings. The summed E-state index contributed by atoms with van der Waals surface area (Å²) in [6.07, 6.45) is 0. The van der Waals surface area contributed by atoms with E-state index in [0.717, 1.165) is 5.69 Å². The van der Waals surface area contributed by atoms with Gasteiger partial charge >= 0.3 is 0 Å². The van der Waals surface area contributed by atoms with Crippen LogP contribution in [0.1, 0.15) is 34.1 Å². The Labute approximate surface area is 87.4 Å². The van der Waals surface area contributed by atoms with E-state index in [4.69, 9.17) is 17.5 Å². The average molecular weight is 206 g/mol. The second-order valence-electron chi connectivity index (χ2n) is 3.12. The second kappa shape index (κ2) is 3.72. The number of nitriles is 1. The largest absolute Gasteiger partial charge is 0.349 e. The van der Waals surface area contributed by atoms with Crippen molar-refractivity contribution >= 4 is 18.0 Å². The van der Waals surface area contributed by atoms with E-state index in [1.807, 2.05) is 6.07 Å². The molecule has 0 aliphatic carbocycles. The number of Topliss-reactive ketones (excluding diaryl/α,β-unsaturated/α-hetero) is 1. The van der Waals surface area contributed by atoms with Crippen molar-refractivity contribution in [1.29, 1.82) is 5.26 Å². The third-order valence-corrected chi connectivity index (χ3v) is 2.42. The lowest BCUT2D eigenvalue weighted by molar-refractivity contribution is 0.101. The zero-order valence-corrected chi connectivity index (χ0v) is 9.08. The van der Waals surface area contributed by atoms with Crippen LogP contribution in [0.4, 0.5) is 0 Å². The van der Waals surface area contributed by atoms with Crippen molar-refractivity contribution in [3.05, 3.63) is 27.0 Å². The molecule has 72 valence electrons. The molecular weight excluding hydrogens is 196 g/mol. The minimum Gasteiger partial charge on any atom is -0.349 e. The maximum absolute atomic E-state index is 11.3. The third-order valence-electron chi connectivity index (χ3n) is 2.12. The van der Waals surface area contributed by atoms with Gasteiger partial charge in [-0.15, -0.1) is 0 Å². The molecule has 1 aromatic heterocycles. The standard InChI is InChI=1S/C10H10N2OS/c1-5-8(4-11)10(14)12-6(2)9(5)7(3)13/h1-3H3,(H,12,14). The van der Waals surface area contributed by atoms with Gasteiger partial charge in [0.2, 0.25) is 0 Å². The van der Waals surface area contributed by atoms with Gasteiger partial charge in [-0.05, 0) is 26.3 Å². The van der Waals surface area contributed by atoms with Crippen LogP contribution in [0.3, 0.4) is 0 Å². The lowest BCUT2D eigenvalue weighted by Gasteiger charge is -2.07. The Bertz CT molecular complexity index is 494. The predicted molar refractivity (Wildman–Crippen MR) is 55.8 cm³/mol. The molecular formula is C10H10N2OS. The fraction of sp³-hybridized carbons (Fsp3) is 0.300. The highest BCUT2D eigenvalue weighted by molar-refractivity contribution is 7.71. The normalized spacial score (nSPS) is 9.57. The summed E-state index contributed by atoms with van der Waals surface area (Å²) in [5.41, 5.74) is 2.34. The fourth-order valence-corrected chi connectivity index (χ4v) is 1.89. The number of ketones is 1. The number of aromatic nitrogens is 1. The van der Waals surface area contributed by atoms with Gasteiger partial charge in [-0.2, -0.15) is 5.26 Å². The first-order valence-electron chi connectivity index (χ1n) is 4.13. The summed E-state index contributed by atoms with van der Waals surface area (Å²) < 4.78 is 0.396. The molecule has 0 bridgehead atoms. The molecule has 0 atom stereocenters. The summed E-state index contributed by atoms with van der Waals surface area (Å²) in [7, 11) is 0. The minimum atomic E-state index is -0.0530. The lowest BCUT2D eigenvalue weighted by atomic mass is 10.0. The number of aromatic amines is 1. The smallest absolute Gasteiger partial charge is 0.161 e. The molecule has 0 radical (unpaired) electrons. The van der Waals surface area contributed by atoms with Gasteiger partial charge in [0.15, 0.2) is 5.78 Å². The quantitative estimate of drug-likeness (QED) is 0.567. The third kappa shape index (κ3) is 1.59. The number of nitrogens with zero attached hydrogens (tertiary/aromatic N) is 1. The average Bonchev–Trinajstić information content (AvgIpc) is 2.02. The van der Waals surface area contributed by atoms with Gasteiger partial charge in [0.25, 0.3) is 0 Å². The van der Waals surface area contributed by atoms with Gasteiger partial charge in [-0.25, -0.2) is 0 Å². The molecule has 1 N–H and O–H groups in total. The number of H-pyrrole nitrogens is 1. The van der Waals surface area contributed by atoms with Gasteiger partial charge in [0.05, 0.1) is 5.56 Å². The maximum atomic E-state index is 11.3. The molecule has 0 amide bonds. The highest BCUT2D eigenvalue weighted by Gasteiger charge is 2.12. The summed E-state index contributed by atoms with van der Waals surface area (Å²) in [6, 6.07) is 2.00. The number of hydrogen-bond acceptors (Lipinski definition) is 3. The van der Waals surface area contributed by atoms with Gasteiger partial charge in [0.1, 0.15) is 10.7 Å². The van der Waals surface area contributed by atoms with Crippen molar-refractivity contribution in [3.63, 3.8) is 0 Å². The Balaban J connectivity index is 3.72. The van der Waals surface area contributed by atoms with E-state index in [2.05, 4.69) is 4.98 Å². The highest BCUT2D eigenvalue weighted by Crippen LogP contribution is 2.17. The first-order chi connectivity index (χ1) is 6.49. The number of aryl methyl sites for hydroxylation is 1. The monoisotopic (exact) mass is 206 g/mol. The Morgan fingerprint density at radius 1 is 1.50 bits per heavy atom. The van der Waals surface area contributed by atoms with Gasteiger partial charge in [0, 0.05) is 11.3 Å². The molecule has 0 saturated carbocycles. The van der Waals surface area contributed by atoms with E-state index in [1.165, 1.54) is 6.92 Å². The zero-order chi connectivity index (χ0) is 10.9. The van der Waals surface area contributed by atoms with E-state index in [-0.39, 0.29) is 5.78 Å². The van der Waals surface area contributed by atoms with Crippen LogP contribution < -0.4 is 0 Å². The topological polar surface area (TPSA) is 56.6 Å². The van der Waals surface area contributed by atoms with Gasteiger partial charge < -0.3 is 4.98 Å². The SMILES string of the molecule is CC(=O)c1c(C)[nH]c(=S)c(C#N)c1C. The molecule has 0 aliphatic rings. The first kappa shape index (κ1) is 10.6. The summed E-state index contributed by atoms with van der Waals surface area (Å²) in [4.78, 5) is 14.2. The Morgan fingerprint density at radius 3 is 2.50 bits per heavy atom. The number of carbonyl (C=O) groups is 1. The molecule has 1 rings (SSSR count). The van der Waals surface area contributed by atoms with E-state index in [9.17, 15) is 4.79 Å². The summed E-state index contributed by atoms with van der Waals surface area (Å²) in [6.45, 7) is 5.00. The Kier molecular flexibility index (Phi) is 2.82. The van der Waals surface area contributed by atoms with Crippen LogP contribution in [0.15, 0.2) is 0 Å². The van der Waals surface area contributed by atoms with E-state index >= 15 is 0 Å². The molecule has 3 nitrogen and oxygen atoms in total. The molecule has 0 fully saturated rings. The number of carbonyl (C=O) groups excluding carboxylic acids is 1. The number of rotatable bonds is 1. The van der Waals surface area contributed by atoms with E-state index < -0.39 is 0 Å². The fourth-order valence-electron chi connectivity index (χ4n) is 1.53. The minimum absolute atomic E-state index is 0.0530. The van der Waals surface area contributed by atoms with Crippen LogP contribution in [0.5, 0.6) is 0 Å². The molecule has 0 spiro atoms. The van der Waals surface area contributed by atoms with Crippen LogP contribution in [-0.4, -0.2) is 10.8 Å². The van der Waals surface area contributed by atoms with Crippen LogP contribution in [0.25, 0.3) is 0 Å². The van der Waals surface area contributed by atoms with E-state index in [0.29, 0.717) is 21.3 Å². The van der Waals surface area contributed by atoms with Crippen molar-refractivity contribution in [1.82, 2.24) is 4.98 Å². The first-order valence-corrected chi connectivity index (χ1v) is 4.54. The van der Waals surface area contributed by atoms with Gasteiger partial charge in [-0.3, -0.25) is 4.79 Å². The van der Waals surface area contributed by atoms with Crippen LogP contribution in [-0.2, 0) is 0 Å². The summed E-state index contributed by atoms with van der Waals surface area (Å²) in [5.74, 6) is -0.0530. The van der Waals surface area contributed by atoms with Crippen molar-refractivity contribution in [2.24, 2.45) is 0 Å². The Morgan fingerprint density at radius 2 is 2.07 bits per heavy atom. The summed E-state index contributed by atoms with van der Waals surface area (Å²) >= 11 is 4.98. The molecule has 0 aliphatic heterocycles. The van der Waals surface area contributed by atoms with Crippen molar-refractivity contribution < 1.29 is 4.79 Å². The number of nitrogens with one attached hydrogen (secondary N) is 1. The number of hydrogen-bond donors (Lipinski definition) is 1. The molecule has 1 heterocycles. The molecule has 14 heavy (non-hydrogen) atoms. The Hall–Kier alpha value is -1.47. The van der Waals surface area contributed by atoms with Crippen molar-refractivity contribution in [3.8, 4) is 6.07 Å². The maximum Gasteiger partial charge on any atom is 0.161 e. The molecule has 0 aromatic carbocycles. The lowest BCUT2D eigenvalue weighted by Crippen LogP contribution is -2.05. The highest BCUT2D eigenvalue weighted by atomic mass is 32.1. The van der Waals surface area contributed by atoms with Crippen LogP contribution >= 0.6 is 12.2 Å². The summed E-state index contributed by atoms with van der Waals surface area (Å²) in [5, 5.41) is 8.85. The molecule has 4 heteroatoms. The second-order valence-corrected chi connectivity index (χ2v) is 3.53.